The quantitative estimate of drug-likeness (QED) is 0.668. The lowest BCUT2D eigenvalue weighted by atomic mass is 10.0. The minimum Gasteiger partial charge on any atom is -0.348 e. The fourth-order valence-electron chi connectivity index (χ4n) is 5.14. The van der Waals surface area contributed by atoms with Gasteiger partial charge in [-0.15, -0.1) is 0 Å². The van der Waals surface area contributed by atoms with Gasteiger partial charge >= 0.3 is 0 Å². The molecule has 0 radical (unpaired) electrons. The number of aryl methyl sites for hydroxylation is 1. The predicted octanol–water partition coefficient (Wildman–Crippen LogP) is 3.62. The van der Waals surface area contributed by atoms with Crippen molar-refractivity contribution < 1.29 is 9.59 Å². The molecule has 2 amide bonds. The van der Waals surface area contributed by atoms with Gasteiger partial charge in [0.05, 0.1) is 17.3 Å². The normalized spacial score (nSPS) is 19.3. The van der Waals surface area contributed by atoms with Gasteiger partial charge in [-0.05, 0) is 45.2 Å². The lowest BCUT2D eigenvalue weighted by molar-refractivity contribution is 0.0665. The van der Waals surface area contributed by atoms with E-state index in [1.807, 2.05) is 62.1 Å². The number of aromatic nitrogens is 3. The highest BCUT2D eigenvalue weighted by Crippen LogP contribution is 2.36. The van der Waals surface area contributed by atoms with Crippen LogP contribution < -0.4 is 5.32 Å². The Balaban J connectivity index is 1.58. The van der Waals surface area contributed by atoms with Crippen LogP contribution in [0.1, 0.15) is 58.8 Å². The topological polar surface area (TPSA) is 80.1 Å². The van der Waals surface area contributed by atoms with Gasteiger partial charge in [-0.3, -0.25) is 14.6 Å². The molecule has 0 unspecified atom stereocenters. The second-order valence-corrected chi connectivity index (χ2v) is 9.33. The smallest absolute Gasteiger partial charge is 0.271 e. The third-order valence-corrected chi connectivity index (χ3v) is 6.69. The van der Waals surface area contributed by atoms with E-state index in [9.17, 15) is 9.59 Å². The molecule has 2 aliphatic heterocycles. The van der Waals surface area contributed by atoms with Crippen LogP contribution in [-0.2, 0) is 13.0 Å². The summed E-state index contributed by atoms with van der Waals surface area (Å²) in [6.45, 7) is 6.47. The molecule has 2 atom stereocenters. The summed E-state index contributed by atoms with van der Waals surface area (Å²) >= 11 is 0. The second-order valence-electron chi connectivity index (χ2n) is 9.33. The number of hydrogen-bond acceptors (Lipinski definition) is 4. The van der Waals surface area contributed by atoms with E-state index in [2.05, 4.69) is 14.9 Å². The SMILES string of the molecule is Cc1ccncc1C(=O)N1[C@@H]2CC[C@H]1Cc1c(C(=O)NC(C)C)nc(-c3ccccc3)n1C2. The Morgan fingerprint density at radius 3 is 2.58 bits per heavy atom. The van der Waals surface area contributed by atoms with Crippen LogP contribution in [0.15, 0.2) is 48.8 Å². The van der Waals surface area contributed by atoms with Gasteiger partial charge in [-0.2, -0.15) is 0 Å². The predicted molar refractivity (Wildman–Crippen MR) is 126 cm³/mol. The number of pyridine rings is 1. The minimum absolute atomic E-state index is 0.0175. The van der Waals surface area contributed by atoms with Gasteiger partial charge < -0.3 is 14.8 Å². The summed E-state index contributed by atoms with van der Waals surface area (Å²) in [5.41, 5.74) is 3.95. The van der Waals surface area contributed by atoms with Crippen molar-refractivity contribution in [2.45, 2.75) is 64.7 Å². The lowest BCUT2D eigenvalue weighted by Crippen LogP contribution is -2.42. The van der Waals surface area contributed by atoms with E-state index < -0.39 is 0 Å². The van der Waals surface area contributed by atoms with Crippen molar-refractivity contribution in [1.82, 2.24) is 24.8 Å². The maximum absolute atomic E-state index is 13.6. The van der Waals surface area contributed by atoms with Crippen molar-refractivity contribution in [1.29, 1.82) is 0 Å². The van der Waals surface area contributed by atoms with Crippen molar-refractivity contribution in [3.63, 3.8) is 0 Å². The molecule has 0 saturated carbocycles. The van der Waals surface area contributed by atoms with E-state index in [4.69, 9.17) is 4.98 Å². The van der Waals surface area contributed by atoms with Gasteiger partial charge in [0.2, 0.25) is 0 Å². The molecule has 5 rings (SSSR count). The number of rotatable bonds is 4. The Morgan fingerprint density at radius 1 is 1.09 bits per heavy atom. The Kier molecular flexibility index (Phi) is 5.48. The fourth-order valence-corrected chi connectivity index (χ4v) is 5.14. The highest BCUT2D eigenvalue weighted by atomic mass is 16.2. The first-order valence-corrected chi connectivity index (χ1v) is 11.6. The third-order valence-electron chi connectivity index (χ3n) is 6.69. The molecule has 2 aliphatic rings. The first-order chi connectivity index (χ1) is 15.9. The van der Waals surface area contributed by atoms with E-state index in [0.717, 1.165) is 35.5 Å². The summed E-state index contributed by atoms with van der Waals surface area (Å²) in [6.07, 6.45) is 5.86. The Bertz CT molecular complexity index is 1200. The average molecular weight is 444 g/mol. The van der Waals surface area contributed by atoms with Crippen molar-refractivity contribution in [2.75, 3.05) is 0 Å². The number of imidazole rings is 1. The first-order valence-electron chi connectivity index (χ1n) is 11.6. The number of carbonyl (C=O) groups excluding carboxylic acids is 2. The van der Waals surface area contributed by atoms with E-state index in [-0.39, 0.29) is 29.9 Å². The molecule has 0 aliphatic carbocycles. The van der Waals surface area contributed by atoms with E-state index in [1.165, 1.54) is 0 Å². The lowest BCUT2D eigenvalue weighted by Gasteiger charge is -2.28. The minimum atomic E-state index is -0.158. The molecule has 33 heavy (non-hydrogen) atoms. The number of amides is 2. The maximum Gasteiger partial charge on any atom is 0.271 e. The molecule has 1 saturated heterocycles. The zero-order valence-corrected chi connectivity index (χ0v) is 19.3. The number of nitrogens with zero attached hydrogens (tertiary/aromatic N) is 4. The number of carbonyl (C=O) groups is 2. The van der Waals surface area contributed by atoms with Crippen LogP contribution in [0, 0.1) is 6.92 Å². The van der Waals surface area contributed by atoms with Gasteiger partial charge in [-0.25, -0.2) is 4.98 Å². The molecule has 1 N–H and O–H groups in total. The molecule has 4 heterocycles. The van der Waals surface area contributed by atoms with Gasteiger partial charge in [-0.1, -0.05) is 30.3 Å². The van der Waals surface area contributed by atoms with Crippen LogP contribution in [0.5, 0.6) is 0 Å². The summed E-state index contributed by atoms with van der Waals surface area (Å²) < 4.78 is 2.17. The van der Waals surface area contributed by atoms with Crippen molar-refractivity contribution in [3.05, 3.63) is 71.3 Å². The molecule has 7 heteroatoms. The summed E-state index contributed by atoms with van der Waals surface area (Å²) in [4.78, 5) is 37.8. The van der Waals surface area contributed by atoms with Crippen molar-refractivity contribution >= 4 is 11.8 Å². The maximum atomic E-state index is 13.6. The Hall–Kier alpha value is -3.48. The number of hydrogen-bond donors (Lipinski definition) is 1. The molecular weight excluding hydrogens is 414 g/mol. The molecular formula is C26H29N5O2. The molecule has 1 fully saturated rings. The van der Waals surface area contributed by atoms with Gasteiger partial charge in [0, 0.05) is 43.0 Å². The van der Waals surface area contributed by atoms with Crippen LogP contribution in [0.2, 0.25) is 0 Å². The zero-order valence-electron chi connectivity index (χ0n) is 19.3. The molecule has 3 aromatic rings. The summed E-state index contributed by atoms with van der Waals surface area (Å²) in [5.74, 6) is 0.660. The van der Waals surface area contributed by atoms with E-state index in [1.54, 1.807) is 12.4 Å². The first kappa shape index (κ1) is 21.4. The molecule has 0 spiro atoms. The molecule has 2 bridgehead atoms. The average Bonchev–Trinajstić information content (AvgIpc) is 3.30. The molecule has 7 nitrogen and oxygen atoms in total. The standard InChI is InChI=1S/C26H29N5O2/c1-16(2)28-25(32)23-22-13-19-9-10-20(31(19)26(33)21-14-27-12-11-17(21)3)15-30(22)24(29-23)18-7-5-4-6-8-18/h4-8,11-12,14,16,19-20H,9-10,13,15H2,1-3H3,(H,28,32)/t19-,20+/m0/s1. The summed E-state index contributed by atoms with van der Waals surface area (Å²) in [6, 6.07) is 12.0. The Morgan fingerprint density at radius 2 is 1.85 bits per heavy atom. The third kappa shape index (κ3) is 3.81. The van der Waals surface area contributed by atoms with Crippen LogP contribution in [-0.4, -0.2) is 49.4 Å². The summed E-state index contributed by atoms with van der Waals surface area (Å²) in [7, 11) is 0. The Labute approximate surface area is 193 Å². The number of nitrogens with one attached hydrogen (secondary N) is 1. The van der Waals surface area contributed by atoms with Crippen LogP contribution in [0.4, 0.5) is 0 Å². The van der Waals surface area contributed by atoms with Gasteiger partial charge in [0.15, 0.2) is 0 Å². The summed E-state index contributed by atoms with van der Waals surface area (Å²) in [5, 5.41) is 3.00. The van der Waals surface area contributed by atoms with Crippen molar-refractivity contribution in [3.8, 4) is 11.4 Å². The van der Waals surface area contributed by atoms with Crippen LogP contribution >= 0.6 is 0 Å². The van der Waals surface area contributed by atoms with E-state index in [0.29, 0.717) is 24.2 Å². The highest BCUT2D eigenvalue weighted by molar-refractivity contribution is 5.96. The van der Waals surface area contributed by atoms with E-state index >= 15 is 0 Å². The highest BCUT2D eigenvalue weighted by Gasteiger charge is 2.42. The van der Waals surface area contributed by atoms with Gasteiger partial charge in [0.25, 0.3) is 11.8 Å². The zero-order chi connectivity index (χ0) is 23.1. The van der Waals surface area contributed by atoms with Crippen LogP contribution in [0.25, 0.3) is 11.4 Å². The monoisotopic (exact) mass is 443 g/mol. The van der Waals surface area contributed by atoms with Crippen LogP contribution in [0.3, 0.4) is 0 Å². The number of benzene rings is 1. The number of fused-ring (bicyclic) bond motifs is 3. The second kappa shape index (κ2) is 8.46. The van der Waals surface area contributed by atoms with Gasteiger partial charge in [0.1, 0.15) is 11.5 Å². The fraction of sp³-hybridized carbons (Fsp3) is 0.385. The molecule has 170 valence electrons. The van der Waals surface area contributed by atoms with Crippen molar-refractivity contribution in [2.24, 2.45) is 0 Å². The largest absolute Gasteiger partial charge is 0.348 e. The molecule has 1 aromatic carbocycles. The molecule has 2 aromatic heterocycles.